The molecule has 1 aliphatic rings. The van der Waals surface area contributed by atoms with Gasteiger partial charge in [-0.05, 0) is 46.1 Å². The summed E-state index contributed by atoms with van der Waals surface area (Å²) in [6, 6.07) is 5.68. The highest BCUT2D eigenvalue weighted by atomic mass is 79.9. The molecular weight excluding hydrogens is 296 g/mol. The van der Waals surface area contributed by atoms with Crippen LogP contribution in [0, 0.1) is 17.2 Å². The van der Waals surface area contributed by atoms with Crippen LogP contribution in [0.25, 0.3) is 0 Å². The Morgan fingerprint density at radius 2 is 2.22 bits per heavy atom. The van der Waals surface area contributed by atoms with Gasteiger partial charge in [0.15, 0.2) is 11.5 Å². The summed E-state index contributed by atoms with van der Waals surface area (Å²) in [7, 11) is 0. The summed E-state index contributed by atoms with van der Waals surface area (Å²) in [5.74, 6) is 1.89. The average Bonchev–Trinajstić information content (AvgIpc) is 2.78. The number of nitrogens with one attached hydrogen (secondary N) is 1. The molecule has 0 saturated carbocycles. The predicted molar refractivity (Wildman–Crippen MR) is 71.5 cm³/mol. The van der Waals surface area contributed by atoms with Crippen LogP contribution in [0.1, 0.15) is 25.5 Å². The number of hydrogen-bond acceptors (Lipinski definition) is 4. The van der Waals surface area contributed by atoms with Gasteiger partial charge in [-0.1, -0.05) is 13.8 Å². The Morgan fingerprint density at radius 3 is 2.89 bits per heavy atom. The van der Waals surface area contributed by atoms with Crippen molar-refractivity contribution in [2.24, 2.45) is 5.92 Å². The quantitative estimate of drug-likeness (QED) is 0.929. The molecule has 0 saturated heterocycles. The van der Waals surface area contributed by atoms with E-state index in [1.54, 1.807) is 0 Å². The lowest BCUT2D eigenvalue weighted by Gasteiger charge is -2.14. The zero-order chi connectivity index (χ0) is 13.1. The van der Waals surface area contributed by atoms with E-state index in [4.69, 9.17) is 9.47 Å². The van der Waals surface area contributed by atoms with E-state index in [2.05, 4.69) is 41.2 Å². The summed E-state index contributed by atoms with van der Waals surface area (Å²) in [4.78, 5) is 0. The molecule has 1 atom stereocenters. The number of nitrogens with zero attached hydrogens (tertiary/aromatic N) is 1. The van der Waals surface area contributed by atoms with Crippen LogP contribution < -0.4 is 14.8 Å². The molecule has 5 heteroatoms. The van der Waals surface area contributed by atoms with Gasteiger partial charge in [0.05, 0.1) is 10.5 Å². The molecule has 4 nitrogen and oxygen atoms in total. The molecule has 0 fully saturated rings. The van der Waals surface area contributed by atoms with E-state index < -0.39 is 0 Å². The highest BCUT2D eigenvalue weighted by Crippen LogP contribution is 2.41. The third-order valence-corrected chi connectivity index (χ3v) is 3.23. The molecule has 0 spiro atoms. The summed E-state index contributed by atoms with van der Waals surface area (Å²) in [6.45, 7) is 5.24. The molecule has 0 bridgehead atoms. The van der Waals surface area contributed by atoms with Crippen molar-refractivity contribution in [1.29, 1.82) is 5.26 Å². The number of ether oxygens (including phenoxy) is 2. The molecule has 0 amide bonds. The number of rotatable bonds is 4. The third-order valence-electron chi connectivity index (χ3n) is 2.64. The van der Waals surface area contributed by atoms with Crippen molar-refractivity contribution in [2.75, 3.05) is 13.3 Å². The van der Waals surface area contributed by atoms with Gasteiger partial charge < -0.3 is 9.47 Å². The molecule has 96 valence electrons. The van der Waals surface area contributed by atoms with Crippen LogP contribution in [-0.4, -0.2) is 13.3 Å². The molecule has 1 unspecified atom stereocenters. The van der Waals surface area contributed by atoms with Crippen LogP contribution in [0.15, 0.2) is 16.6 Å². The zero-order valence-corrected chi connectivity index (χ0v) is 12.0. The van der Waals surface area contributed by atoms with Crippen LogP contribution >= 0.6 is 15.9 Å². The van der Waals surface area contributed by atoms with E-state index in [1.807, 2.05) is 12.1 Å². The lowest BCUT2D eigenvalue weighted by atomic mass is 10.1. The van der Waals surface area contributed by atoms with Crippen molar-refractivity contribution in [3.8, 4) is 17.6 Å². The van der Waals surface area contributed by atoms with Gasteiger partial charge in [-0.3, -0.25) is 5.32 Å². The monoisotopic (exact) mass is 310 g/mol. The van der Waals surface area contributed by atoms with E-state index in [9.17, 15) is 5.26 Å². The van der Waals surface area contributed by atoms with E-state index >= 15 is 0 Å². The molecule has 0 radical (unpaired) electrons. The zero-order valence-electron chi connectivity index (χ0n) is 10.4. The Hall–Kier alpha value is -1.25. The molecule has 0 aliphatic carbocycles. The van der Waals surface area contributed by atoms with Crippen molar-refractivity contribution in [1.82, 2.24) is 5.32 Å². The van der Waals surface area contributed by atoms with Gasteiger partial charge in [0.25, 0.3) is 0 Å². The topological polar surface area (TPSA) is 54.3 Å². The Balaban J connectivity index is 2.22. The van der Waals surface area contributed by atoms with Gasteiger partial charge in [-0.2, -0.15) is 5.26 Å². The fourth-order valence-electron chi connectivity index (χ4n) is 1.75. The maximum absolute atomic E-state index is 9.23. The maximum atomic E-state index is 9.23. The number of fused-ring (bicyclic) bond motifs is 1. The minimum absolute atomic E-state index is 0.230. The predicted octanol–water partition coefficient (Wildman–Crippen LogP) is 2.99. The number of nitriles is 1. The minimum Gasteiger partial charge on any atom is -0.454 e. The molecule has 18 heavy (non-hydrogen) atoms. The van der Waals surface area contributed by atoms with Crippen molar-refractivity contribution in [3.05, 3.63) is 22.2 Å². The van der Waals surface area contributed by atoms with Crippen LogP contribution in [-0.2, 0) is 0 Å². The van der Waals surface area contributed by atoms with Gasteiger partial charge in [0, 0.05) is 0 Å². The van der Waals surface area contributed by atoms with E-state index in [-0.39, 0.29) is 12.8 Å². The van der Waals surface area contributed by atoms with E-state index in [0.29, 0.717) is 17.4 Å². The normalized spacial score (nSPS) is 14.6. The Morgan fingerprint density at radius 1 is 1.44 bits per heavy atom. The molecule has 1 heterocycles. The molecule has 1 aliphatic heterocycles. The van der Waals surface area contributed by atoms with Crippen LogP contribution in [0.3, 0.4) is 0 Å². The van der Waals surface area contributed by atoms with Gasteiger partial charge >= 0.3 is 0 Å². The Kier molecular flexibility index (Phi) is 4.10. The number of hydrogen-bond donors (Lipinski definition) is 1. The van der Waals surface area contributed by atoms with Crippen molar-refractivity contribution in [2.45, 2.75) is 19.9 Å². The van der Waals surface area contributed by atoms with Crippen LogP contribution in [0.5, 0.6) is 11.5 Å². The SMILES string of the molecule is CC(C)CNC(C#N)c1cc(Br)c2c(c1)OCO2. The van der Waals surface area contributed by atoms with E-state index in [0.717, 1.165) is 16.6 Å². The standard InChI is InChI=1S/C13H15BrN2O2/c1-8(2)6-16-11(5-15)9-3-10(14)13-12(4-9)17-7-18-13/h3-4,8,11,16H,6-7H2,1-2H3. The van der Waals surface area contributed by atoms with Gasteiger partial charge in [0.1, 0.15) is 6.04 Å². The first-order valence-corrected chi connectivity index (χ1v) is 6.63. The lowest BCUT2D eigenvalue weighted by molar-refractivity contribution is 0.173. The van der Waals surface area contributed by atoms with Crippen molar-refractivity contribution in [3.63, 3.8) is 0 Å². The van der Waals surface area contributed by atoms with Gasteiger partial charge in [0.2, 0.25) is 6.79 Å². The molecule has 1 N–H and O–H groups in total. The second-order valence-corrected chi connectivity index (χ2v) is 5.46. The van der Waals surface area contributed by atoms with Crippen molar-refractivity contribution >= 4 is 15.9 Å². The summed E-state index contributed by atoms with van der Waals surface area (Å²) in [5, 5.41) is 12.5. The van der Waals surface area contributed by atoms with Crippen LogP contribution in [0.2, 0.25) is 0 Å². The first-order chi connectivity index (χ1) is 8.61. The fourth-order valence-corrected chi connectivity index (χ4v) is 2.32. The molecule has 1 aromatic rings. The minimum atomic E-state index is -0.335. The summed E-state index contributed by atoms with van der Waals surface area (Å²) in [6.07, 6.45) is 0. The highest BCUT2D eigenvalue weighted by molar-refractivity contribution is 9.10. The number of benzene rings is 1. The smallest absolute Gasteiger partial charge is 0.231 e. The molecule has 2 rings (SSSR count). The Bertz CT molecular complexity index is 483. The Labute approximate surface area is 115 Å². The van der Waals surface area contributed by atoms with Crippen molar-refractivity contribution < 1.29 is 9.47 Å². The van der Waals surface area contributed by atoms with Crippen LogP contribution in [0.4, 0.5) is 0 Å². The first kappa shape index (κ1) is 13.2. The number of halogens is 1. The third kappa shape index (κ3) is 2.77. The maximum Gasteiger partial charge on any atom is 0.231 e. The highest BCUT2D eigenvalue weighted by Gasteiger charge is 2.21. The first-order valence-electron chi connectivity index (χ1n) is 5.84. The molecule has 1 aromatic carbocycles. The van der Waals surface area contributed by atoms with Gasteiger partial charge in [-0.15, -0.1) is 0 Å². The average molecular weight is 311 g/mol. The summed E-state index contributed by atoms with van der Waals surface area (Å²) >= 11 is 3.43. The summed E-state index contributed by atoms with van der Waals surface area (Å²) in [5.41, 5.74) is 0.884. The second kappa shape index (κ2) is 5.59. The molecule has 0 aromatic heterocycles. The fraction of sp³-hybridized carbons (Fsp3) is 0.462. The summed E-state index contributed by atoms with van der Waals surface area (Å²) < 4.78 is 11.5. The largest absolute Gasteiger partial charge is 0.454 e. The molecular formula is C13H15BrN2O2. The second-order valence-electron chi connectivity index (χ2n) is 4.60. The lowest BCUT2D eigenvalue weighted by Crippen LogP contribution is -2.24. The van der Waals surface area contributed by atoms with E-state index in [1.165, 1.54) is 0 Å². The van der Waals surface area contributed by atoms with Gasteiger partial charge in [-0.25, -0.2) is 0 Å².